The van der Waals surface area contributed by atoms with Crippen LogP contribution in [0.2, 0.25) is 0 Å². The molecular formula is C15H13N3O3S. The van der Waals surface area contributed by atoms with Crippen molar-refractivity contribution in [3.63, 3.8) is 0 Å². The molecular weight excluding hydrogens is 302 g/mol. The van der Waals surface area contributed by atoms with Gasteiger partial charge in [0.05, 0.1) is 22.3 Å². The van der Waals surface area contributed by atoms with Crippen molar-refractivity contribution in [2.75, 3.05) is 5.73 Å². The van der Waals surface area contributed by atoms with E-state index >= 15 is 0 Å². The Bertz CT molecular complexity index is 976. The third kappa shape index (κ3) is 2.06. The zero-order valence-corrected chi connectivity index (χ0v) is 12.5. The highest BCUT2D eigenvalue weighted by molar-refractivity contribution is 7.90. The highest BCUT2D eigenvalue weighted by atomic mass is 32.2. The van der Waals surface area contributed by atoms with E-state index in [9.17, 15) is 13.2 Å². The van der Waals surface area contributed by atoms with E-state index in [0.717, 1.165) is 3.97 Å². The zero-order chi connectivity index (χ0) is 15.9. The number of nitrogen functional groups attached to an aromatic ring is 1. The Morgan fingerprint density at radius 2 is 1.86 bits per heavy atom. The molecule has 2 heterocycles. The molecule has 112 valence electrons. The molecule has 22 heavy (non-hydrogen) atoms. The first-order chi connectivity index (χ1) is 10.4. The number of ketones is 1. The lowest BCUT2D eigenvalue weighted by Gasteiger charge is -2.08. The van der Waals surface area contributed by atoms with Gasteiger partial charge in [0, 0.05) is 11.6 Å². The summed E-state index contributed by atoms with van der Waals surface area (Å²) in [5, 5.41) is 0.423. The Morgan fingerprint density at radius 1 is 1.18 bits per heavy atom. The number of nitrogens with two attached hydrogens (primary N) is 1. The summed E-state index contributed by atoms with van der Waals surface area (Å²) >= 11 is 0. The summed E-state index contributed by atoms with van der Waals surface area (Å²) in [5.41, 5.74) is 6.47. The summed E-state index contributed by atoms with van der Waals surface area (Å²) in [7, 11) is -3.78. The smallest absolute Gasteiger partial charge is 0.269 e. The van der Waals surface area contributed by atoms with Crippen LogP contribution in [0.15, 0.2) is 53.7 Å². The number of fused-ring (bicyclic) bond motifs is 1. The SMILES string of the molecule is CC(=O)c1c(N)cnc2c1ccn2S(=O)(=O)c1ccccc1. The van der Waals surface area contributed by atoms with Gasteiger partial charge in [0.2, 0.25) is 0 Å². The fourth-order valence-corrected chi connectivity index (χ4v) is 3.69. The molecule has 0 saturated carbocycles. The van der Waals surface area contributed by atoms with E-state index in [0.29, 0.717) is 5.39 Å². The van der Waals surface area contributed by atoms with E-state index < -0.39 is 10.0 Å². The number of hydrogen-bond acceptors (Lipinski definition) is 5. The number of benzene rings is 1. The minimum Gasteiger partial charge on any atom is -0.397 e. The number of aromatic nitrogens is 2. The lowest BCUT2D eigenvalue weighted by Crippen LogP contribution is -2.13. The summed E-state index contributed by atoms with van der Waals surface area (Å²) in [6.07, 6.45) is 2.68. The molecule has 0 fully saturated rings. The Kier molecular flexibility index (Phi) is 3.22. The molecule has 3 aromatic rings. The molecule has 0 saturated heterocycles. The van der Waals surface area contributed by atoms with Crippen molar-refractivity contribution in [3.8, 4) is 0 Å². The van der Waals surface area contributed by atoms with Crippen LogP contribution in [0.1, 0.15) is 17.3 Å². The van der Waals surface area contributed by atoms with E-state index in [1.807, 2.05) is 0 Å². The highest BCUT2D eigenvalue weighted by Gasteiger charge is 2.22. The molecule has 2 aromatic heterocycles. The summed E-state index contributed by atoms with van der Waals surface area (Å²) in [6.45, 7) is 1.38. The van der Waals surface area contributed by atoms with Crippen molar-refractivity contribution in [2.45, 2.75) is 11.8 Å². The predicted octanol–water partition coefficient (Wildman–Crippen LogP) is 2.06. The van der Waals surface area contributed by atoms with Gasteiger partial charge in [-0.2, -0.15) is 0 Å². The number of carbonyl (C=O) groups is 1. The number of anilines is 1. The summed E-state index contributed by atoms with van der Waals surface area (Å²) < 4.78 is 26.4. The van der Waals surface area contributed by atoms with Crippen LogP contribution in [-0.4, -0.2) is 23.2 Å². The molecule has 1 aromatic carbocycles. The Balaban J connectivity index is 2.31. The van der Waals surface area contributed by atoms with Gasteiger partial charge in [0.25, 0.3) is 10.0 Å². The van der Waals surface area contributed by atoms with Gasteiger partial charge < -0.3 is 5.73 Å². The quantitative estimate of drug-likeness (QED) is 0.746. The fraction of sp³-hybridized carbons (Fsp3) is 0.0667. The Hall–Kier alpha value is -2.67. The minimum absolute atomic E-state index is 0.149. The maximum Gasteiger partial charge on any atom is 0.269 e. The highest BCUT2D eigenvalue weighted by Crippen LogP contribution is 2.26. The second-order valence-electron chi connectivity index (χ2n) is 4.81. The largest absolute Gasteiger partial charge is 0.397 e. The molecule has 0 spiro atoms. The minimum atomic E-state index is -3.78. The summed E-state index contributed by atoms with van der Waals surface area (Å²) in [5.74, 6) is -0.236. The number of pyridine rings is 1. The average Bonchev–Trinajstić information content (AvgIpc) is 2.92. The number of carbonyl (C=O) groups excluding carboxylic acids is 1. The van der Waals surface area contributed by atoms with Crippen molar-refractivity contribution in [3.05, 3.63) is 54.4 Å². The Labute approximate surface area is 127 Å². The number of rotatable bonds is 3. The second kappa shape index (κ2) is 4.96. The van der Waals surface area contributed by atoms with E-state index in [1.54, 1.807) is 18.2 Å². The van der Waals surface area contributed by atoms with Gasteiger partial charge in [0.1, 0.15) is 0 Å². The van der Waals surface area contributed by atoms with Crippen LogP contribution in [0.4, 0.5) is 5.69 Å². The standard InChI is InChI=1S/C15H13N3O3S/c1-10(19)14-12-7-8-18(15(12)17-9-13(14)16)22(20,21)11-5-3-2-4-6-11/h2-9H,16H2,1H3. The zero-order valence-electron chi connectivity index (χ0n) is 11.7. The second-order valence-corrected chi connectivity index (χ2v) is 6.63. The molecule has 3 rings (SSSR count). The van der Waals surface area contributed by atoms with Gasteiger partial charge in [-0.15, -0.1) is 0 Å². The average molecular weight is 315 g/mol. The topological polar surface area (TPSA) is 95.1 Å². The molecule has 0 aliphatic heterocycles. The first-order valence-corrected chi connectivity index (χ1v) is 7.94. The van der Waals surface area contributed by atoms with Gasteiger partial charge >= 0.3 is 0 Å². The molecule has 0 aliphatic carbocycles. The van der Waals surface area contributed by atoms with Gasteiger partial charge in [-0.05, 0) is 25.1 Å². The molecule has 7 heteroatoms. The van der Waals surface area contributed by atoms with Crippen LogP contribution in [-0.2, 0) is 10.0 Å². The van der Waals surface area contributed by atoms with Crippen molar-refractivity contribution >= 4 is 32.5 Å². The lowest BCUT2D eigenvalue weighted by atomic mass is 10.1. The van der Waals surface area contributed by atoms with Crippen molar-refractivity contribution in [1.82, 2.24) is 8.96 Å². The Morgan fingerprint density at radius 3 is 2.50 bits per heavy atom. The normalized spacial score (nSPS) is 11.7. The van der Waals surface area contributed by atoms with Crippen LogP contribution in [0.3, 0.4) is 0 Å². The van der Waals surface area contributed by atoms with E-state index in [2.05, 4.69) is 4.98 Å². The third-order valence-electron chi connectivity index (χ3n) is 3.36. The molecule has 0 unspecified atom stereocenters. The van der Waals surface area contributed by atoms with Gasteiger partial charge in [-0.3, -0.25) is 4.79 Å². The van der Waals surface area contributed by atoms with Crippen molar-refractivity contribution in [2.24, 2.45) is 0 Å². The van der Waals surface area contributed by atoms with E-state index in [-0.39, 0.29) is 27.6 Å². The molecule has 0 radical (unpaired) electrons. The van der Waals surface area contributed by atoms with E-state index in [1.165, 1.54) is 37.5 Å². The molecule has 2 N–H and O–H groups in total. The van der Waals surface area contributed by atoms with Crippen molar-refractivity contribution in [1.29, 1.82) is 0 Å². The predicted molar refractivity (Wildman–Crippen MR) is 83.2 cm³/mol. The maximum atomic E-state index is 12.7. The van der Waals surface area contributed by atoms with Gasteiger partial charge in [0.15, 0.2) is 11.4 Å². The van der Waals surface area contributed by atoms with Gasteiger partial charge in [-0.1, -0.05) is 18.2 Å². The molecule has 0 bridgehead atoms. The van der Waals surface area contributed by atoms with Crippen LogP contribution in [0, 0.1) is 0 Å². The van der Waals surface area contributed by atoms with Crippen LogP contribution in [0.5, 0.6) is 0 Å². The molecule has 6 nitrogen and oxygen atoms in total. The molecule has 0 atom stereocenters. The number of nitrogens with zero attached hydrogens (tertiary/aromatic N) is 2. The first kappa shape index (κ1) is 14.3. The number of hydrogen-bond donors (Lipinski definition) is 1. The van der Waals surface area contributed by atoms with Gasteiger partial charge in [-0.25, -0.2) is 17.4 Å². The summed E-state index contributed by atoms with van der Waals surface area (Å²) in [6, 6.07) is 9.57. The first-order valence-electron chi connectivity index (χ1n) is 6.50. The summed E-state index contributed by atoms with van der Waals surface area (Å²) in [4.78, 5) is 16.0. The maximum absolute atomic E-state index is 12.7. The molecule has 0 aliphatic rings. The van der Waals surface area contributed by atoms with E-state index in [4.69, 9.17) is 5.73 Å². The third-order valence-corrected chi connectivity index (χ3v) is 5.04. The van der Waals surface area contributed by atoms with Crippen LogP contribution < -0.4 is 5.73 Å². The van der Waals surface area contributed by atoms with Crippen LogP contribution in [0.25, 0.3) is 11.0 Å². The molecule has 0 amide bonds. The monoisotopic (exact) mass is 315 g/mol. The van der Waals surface area contributed by atoms with Crippen LogP contribution >= 0.6 is 0 Å². The number of Topliss-reactive ketones (excluding diaryl/α,β-unsaturated/α-hetero) is 1. The fourth-order valence-electron chi connectivity index (χ4n) is 2.37. The lowest BCUT2D eigenvalue weighted by molar-refractivity contribution is 0.102. The van der Waals surface area contributed by atoms with Crippen molar-refractivity contribution < 1.29 is 13.2 Å².